The second-order valence-corrected chi connectivity index (χ2v) is 7.33. The topological polar surface area (TPSA) is 59.2 Å². The fourth-order valence-corrected chi connectivity index (χ4v) is 3.90. The van der Waals surface area contributed by atoms with Gasteiger partial charge in [-0.05, 0) is 40.6 Å². The number of fused-ring (bicyclic) bond motifs is 1. The van der Waals surface area contributed by atoms with Crippen molar-refractivity contribution < 1.29 is 9.53 Å². The third-order valence-corrected chi connectivity index (χ3v) is 5.35. The number of hydrogen-bond acceptors (Lipinski definition) is 4. The normalized spacial score (nSPS) is 12.5. The molecule has 0 saturated carbocycles. The summed E-state index contributed by atoms with van der Waals surface area (Å²) in [5, 5.41) is 2.26. The smallest absolute Gasteiger partial charge is 0.266 e. The van der Waals surface area contributed by atoms with E-state index in [2.05, 4.69) is 4.98 Å². The first-order valence-corrected chi connectivity index (χ1v) is 9.54. The van der Waals surface area contributed by atoms with Crippen LogP contribution in [0.3, 0.4) is 0 Å². The Morgan fingerprint density at radius 1 is 1.00 bits per heavy atom. The van der Waals surface area contributed by atoms with E-state index in [9.17, 15) is 9.59 Å². The predicted molar refractivity (Wildman–Crippen MR) is 113 cm³/mol. The van der Waals surface area contributed by atoms with Gasteiger partial charge in [0.25, 0.3) is 5.56 Å². The van der Waals surface area contributed by atoms with Crippen molar-refractivity contribution in [1.29, 1.82) is 0 Å². The van der Waals surface area contributed by atoms with Crippen LogP contribution in [0.15, 0.2) is 71.5 Å². The molecule has 4 nitrogen and oxygen atoms in total. The summed E-state index contributed by atoms with van der Waals surface area (Å²) < 4.78 is 6.29. The Hall–Kier alpha value is -3.44. The lowest BCUT2D eigenvalue weighted by molar-refractivity contribution is 0.105. The molecule has 0 radical (unpaired) electrons. The molecule has 5 heteroatoms. The van der Waals surface area contributed by atoms with Gasteiger partial charge in [-0.3, -0.25) is 9.59 Å². The van der Waals surface area contributed by atoms with E-state index in [0.29, 0.717) is 20.5 Å². The molecular formula is C23H17NO3S. The van der Waals surface area contributed by atoms with Crippen LogP contribution >= 0.6 is 11.3 Å². The highest BCUT2D eigenvalue weighted by Gasteiger charge is 2.09. The summed E-state index contributed by atoms with van der Waals surface area (Å²) in [6.45, 7) is 0. The van der Waals surface area contributed by atoms with E-state index in [-0.39, 0.29) is 11.3 Å². The Bertz CT molecular complexity index is 1350. The van der Waals surface area contributed by atoms with Crippen molar-refractivity contribution in [2.45, 2.75) is 0 Å². The SMILES string of the molecule is COc1ccccc1C(=O)/C=c1\[nH]c(=O)/c(=C\c2ccc3ccccc3c2)s1. The lowest BCUT2D eigenvalue weighted by Gasteiger charge is -2.03. The molecule has 28 heavy (non-hydrogen) atoms. The standard InChI is InChI=1S/C23H17NO3S/c1-27-20-9-5-4-8-18(20)19(25)14-22-24-23(26)21(28-22)13-15-10-11-16-6-2-3-7-17(16)12-15/h2-14H,1H3,(H,24,26)/b21-13+,22-14+. The second-order valence-electron chi connectivity index (χ2n) is 6.24. The van der Waals surface area contributed by atoms with E-state index in [1.165, 1.54) is 24.5 Å². The van der Waals surface area contributed by atoms with E-state index in [0.717, 1.165) is 16.3 Å². The molecule has 0 aliphatic rings. The molecule has 0 spiro atoms. The van der Waals surface area contributed by atoms with Crippen LogP contribution in [-0.2, 0) is 0 Å². The van der Waals surface area contributed by atoms with E-state index in [1.54, 1.807) is 24.3 Å². The number of hydrogen-bond donors (Lipinski definition) is 1. The number of benzene rings is 3. The first-order valence-electron chi connectivity index (χ1n) is 8.73. The number of carbonyl (C=O) groups excluding carboxylic acids is 1. The summed E-state index contributed by atoms with van der Waals surface area (Å²) in [7, 11) is 1.52. The predicted octanol–water partition coefficient (Wildman–Crippen LogP) is 3.09. The van der Waals surface area contributed by atoms with Crippen molar-refractivity contribution >= 4 is 40.0 Å². The number of carbonyl (C=O) groups is 1. The number of H-pyrrole nitrogens is 1. The Labute approximate surface area is 165 Å². The number of methoxy groups -OCH3 is 1. The van der Waals surface area contributed by atoms with Gasteiger partial charge < -0.3 is 9.72 Å². The zero-order valence-corrected chi connectivity index (χ0v) is 16.0. The molecule has 3 aromatic carbocycles. The fraction of sp³-hybridized carbons (Fsp3) is 0.0435. The molecule has 4 rings (SSSR count). The number of ether oxygens (including phenoxy) is 1. The zero-order valence-electron chi connectivity index (χ0n) is 15.1. The molecule has 138 valence electrons. The van der Waals surface area contributed by atoms with Crippen LogP contribution in [0.1, 0.15) is 15.9 Å². The van der Waals surface area contributed by atoms with Crippen molar-refractivity contribution in [2.75, 3.05) is 7.11 Å². The number of ketones is 1. The van der Waals surface area contributed by atoms with Gasteiger partial charge >= 0.3 is 0 Å². The number of nitrogens with one attached hydrogen (secondary N) is 1. The quantitative estimate of drug-likeness (QED) is 0.548. The molecule has 1 N–H and O–H groups in total. The Morgan fingerprint density at radius 2 is 1.75 bits per heavy atom. The molecule has 4 aromatic rings. The summed E-state index contributed by atoms with van der Waals surface area (Å²) in [4.78, 5) is 27.6. The zero-order chi connectivity index (χ0) is 19.5. The van der Waals surface area contributed by atoms with Gasteiger partial charge in [-0.25, -0.2) is 0 Å². The average Bonchev–Trinajstić information content (AvgIpc) is 3.06. The molecule has 0 amide bonds. The van der Waals surface area contributed by atoms with Crippen LogP contribution in [0.2, 0.25) is 0 Å². The van der Waals surface area contributed by atoms with E-state index < -0.39 is 0 Å². The third kappa shape index (κ3) is 3.66. The molecule has 0 bridgehead atoms. The maximum Gasteiger partial charge on any atom is 0.266 e. The minimum absolute atomic E-state index is 0.211. The summed E-state index contributed by atoms with van der Waals surface area (Å²) in [5.74, 6) is 0.290. The minimum atomic E-state index is -0.216. The van der Waals surface area contributed by atoms with Crippen LogP contribution < -0.4 is 19.5 Å². The minimum Gasteiger partial charge on any atom is -0.496 e. The third-order valence-electron chi connectivity index (χ3n) is 4.39. The summed E-state index contributed by atoms with van der Waals surface area (Å²) in [5.41, 5.74) is 1.19. The van der Waals surface area contributed by atoms with Crippen LogP contribution in [0.4, 0.5) is 0 Å². The molecule has 0 fully saturated rings. The van der Waals surface area contributed by atoms with Gasteiger partial charge in [0.1, 0.15) is 5.75 Å². The number of Topliss-reactive ketones (excluding diaryl/α,β-unsaturated/α-hetero) is 1. The summed E-state index contributed by atoms with van der Waals surface area (Å²) in [6, 6.07) is 21.1. The van der Waals surface area contributed by atoms with Crippen molar-refractivity contribution in [3.8, 4) is 5.75 Å². The van der Waals surface area contributed by atoms with Gasteiger partial charge in [0.2, 0.25) is 0 Å². The van der Waals surface area contributed by atoms with Gasteiger partial charge in [0.05, 0.1) is 21.9 Å². The molecule has 0 aliphatic heterocycles. The van der Waals surface area contributed by atoms with Gasteiger partial charge in [-0.1, -0.05) is 48.5 Å². The molecule has 0 unspecified atom stereocenters. The molecular weight excluding hydrogens is 370 g/mol. The van der Waals surface area contributed by atoms with Gasteiger partial charge in [-0.2, -0.15) is 0 Å². The number of rotatable bonds is 4. The van der Waals surface area contributed by atoms with Gasteiger partial charge in [0, 0.05) is 6.08 Å². The number of para-hydroxylation sites is 1. The number of aromatic nitrogens is 1. The van der Waals surface area contributed by atoms with Crippen molar-refractivity contribution in [3.05, 3.63) is 97.4 Å². The number of aromatic amines is 1. The Balaban J connectivity index is 1.73. The largest absolute Gasteiger partial charge is 0.496 e. The second kappa shape index (κ2) is 7.66. The van der Waals surface area contributed by atoms with Crippen molar-refractivity contribution in [3.63, 3.8) is 0 Å². The lowest BCUT2D eigenvalue weighted by Crippen LogP contribution is -2.20. The van der Waals surface area contributed by atoms with E-state index in [1.807, 2.05) is 48.5 Å². The summed E-state index contributed by atoms with van der Waals surface area (Å²) >= 11 is 1.26. The van der Waals surface area contributed by atoms with Crippen LogP contribution in [-0.4, -0.2) is 17.9 Å². The fourth-order valence-electron chi connectivity index (χ4n) is 3.02. The van der Waals surface area contributed by atoms with Gasteiger partial charge in [-0.15, -0.1) is 11.3 Å². The monoisotopic (exact) mass is 387 g/mol. The van der Waals surface area contributed by atoms with Crippen LogP contribution in [0, 0.1) is 0 Å². The van der Waals surface area contributed by atoms with Gasteiger partial charge in [0.15, 0.2) is 5.78 Å². The highest BCUT2D eigenvalue weighted by molar-refractivity contribution is 7.07. The highest BCUT2D eigenvalue weighted by atomic mass is 32.1. The van der Waals surface area contributed by atoms with E-state index >= 15 is 0 Å². The van der Waals surface area contributed by atoms with Crippen LogP contribution in [0.5, 0.6) is 5.75 Å². The highest BCUT2D eigenvalue weighted by Crippen LogP contribution is 2.18. The average molecular weight is 387 g/mol. The van der Waals surface area contributed by atoms with Crippen molar-refractivity contribution in [2.24, 2.45) is 0 Å². The van der Waals surface area contributed by atoms with E-state index in [4.69, 9.17) is 4.74 Å². The number of thiazole rings is 1. The Morgan fingerprint density at radius 3 is 2.57 bits per heavy atom. The molecule has 0 saturated heterocycles. The maximum absolute atomic E-state index is 12.6. The van der Waals surface area contributed by atoms with Crippen LogP contribution in [0.25, 0.3) is 22.9 Å². The molecule has 0 atom stereocenters. The first-order chi connectivity index (χ1) is 13.6. The maximum atomic E-state index is 12.6. The summed E-state index contributed by atoms with van der Waals surface area (Å²) in [6.07, 6.45) is 3.27. The molecule has 0 aliphatic carbocycles. The first kappa shape index (κ1) is 17.9. The lowest BCUT2D eigenvalue weighted by atomic mass is 10.1. The van der Waals surface area contributed by atoms with Crippen molar-refractivity contribution in [1.82, 2.24) is 4.98 Å². The Kier molecular flexibility index (Phi) is 4.91. The molecule has 1 aromatic heterocycles. The molecule has 1 heterocycles.